The summed E-state index contributed by atoms with van der Waals surface area (Å²) in [5.41, 5.74) is 1.33. The highest BCUT2D eigenvalue weighted by molar-refractivity contribution is 6.39. The summed E-state index contributed by atoms with van der Waals surface area (Å²) in [4.78, 5) is 68.8. The molecule has 1 fully saturated rings. The summed E-state index contributed by atoms with van der Waals surface area (Å²) >= 11 is 12.2. The summed E-state index contributed by atoms with van der Waals surface area (Å²) in [6.45, 7) is 3.66. The third kappa shape index (κ3) is 8.95. The number of halogens is 2. The first-order valence-electron chi connectivity index (χ1n) is 15.6. The number of rotatable bonds is 15. The Labute approximate surface area is 291 Å². The number of aromatic nitrogens is 4. The average Bonchev–Trinajstić information content (AvgIpc) is 3.83. The van der Waals surface area contributed by atoms with E-state index in [9.17, 15) is 24.0 Å². The predicted molar refractivity (Wildman–Crippen MR) is 179 cm³/mol. The maximum atomic E-state index is 13.7. The molecule has 2 aromatic carbocycles. The molecule has 1 unspecified atom stereocenters. The van der Waals surface area contributed by atoms with Gasteiger partial charge in [0.2, 0.25) is 11.8 Å². The Balaban J connectivity index is 1.29. The third-order valence-corrected chi connectivity index (χ3v) is 8.57. The molecule has 16 heteroatoms. The number of amides is 3. The van der Waals surface area contributed by atoms with E-state index < -0.39 is 48.2 Å². The van der Waals surface area contributed by atoms with Gasteiger partial charge in [-0.25, -0.2) is 4.79 Å². The number of hydrogen-bond donors (Lipinski definition) is 5. The van der Waals surface area contributed by atoms with E-state index in [-0.39, 0.29) is 52.6 Å². The van der Waals surface area contributed by atoms with Crippen molar-refractivity contribution in [1.82, 2.24) is 36.3 Å². The van der Waals surface area contributed by atoms with Crippen molar-refractivity contribution in [2.24, 2.45) is 11.8 Å². The highest BCUT2D eigenvalue weighted by Gasteiger charge is 2.34. The minimum Gasteiger partial charge on any atom is -0.486 e. The largest absolute Gasteiger partial charge is 0.486 e. The lowest BCUT2D eigenvalue weighted by Crippen LogP contribution is -2.53. The van der Waals surface area contributed by atoms with E-state index in [4.69, 9.17) is 32.7 Å². The third-order valence-electron chi connectivity index (χ3n) is 7.94. The first-order valence-corrected chi connectivity index (χ1v) is 16.4. The van der Waals surface area contributed by atoms with E-state index >= 15 is 0 Å². The normalized spacial score (nSPS) is 15.4. The number of H-pyrrole nitrogens is 2. The first-order chi connectivity index (χ1) is 23.5. The van der Waals surface area contributed by atoms with Gasteiger partial charge in [-0.15, -0.1) is 0 Å². The molecule has 1 aliphatic heterocycles. The second-order valence-corrected chi connectivity index (χ2v) is 12.8. The van der Waals surface area contributed by atoms with Crippen molar-refractivity contribution in [3.05, 3.63) is 75.7 Å². The van der Waals surface area contributed by atoms with Gasteiger partial charge in [0.25, 0.3) is 5.91 Å². The Morgan fingerprint density at radius 3 is 2.47 bits per heavy atom. The van der Waals surface area contributed by atoms with Crippen molar-refractivity contribution < 1.29 is 33.4 Å². The number of carbonyl (C=O) groups excluding carboxylic acids is 5. The second kappa shape index (κ2) is 16.0. The average molecular weight is 713 g/mol. The van der Waals surface area contributed by atoms with Crippen LogP contribution in [0.1, 0.15) is 59.7 Å². The van der Waals surface area contributed by atoms with Crippen LogP contribution in [0, 0.1) is 11.8 Å². The summed E-state index contributed by atoms with van der Waals surface area (Å²) < 4.78 is 11.1. The van der Waals surface area contributed by atoms with Gasteiger partial charge in [-0.2, -0.15) is 15.4 Å². The molecule has 4 aromatic rings. The lowest BCUT2D eigenvalue weighted by atomic mass is 9.95. The molecule has 0 bridgehead atoms. The van der Waals surface area contributed by atoms with Crippen LogP contribution >= 0.6 is 23.2 Å². The Morgan fingerprint density at radius 2 is 1.80 bits per heavy atom. The molecule has 0 aliphatic carbocycles. The van der Waals surface area contributed by atoms with Crippen molar-refractivity contribution in [1.29, 1.82) is 0 Å². The van der Waals surface area contributed by atoms with Gasteiger partial charge in [0.15, 0.2) is 12.4 Å². The Bertz CT molecular complexity index is 1820. The molecule has 3 atom stereocenters. The lowest BCUT2D eigenvalue weighted by Gasteiger charge is -2.25. The first kappa shape index (κ1) is 35.4. The van der Waals surface area contributed by atoms with Crippen LogP contribution in [0.5, 0.6) is 5.75 Å². The van der Waals surface area contributed by atoms with Crippen LogP contribution in [-0.4, -0.2) is 75.1 Å². The smallest absolute Gasteiger partial charge is 0.341 e. The number of fused-ring (bicyclic) bond motifs is 1. The molecule has 3 heterocycles. The van der Waals surface area contributed by atoms with Crippen LogP contribution in [0.3, 0.4) is 0 Å². The second-order valence-electron chi connectivity index (χ2n) is 12.0. The van der Waals surface area contributed by atoms with Gasteiger partial charge < -0.3 is 30.4 Å². The summed E-state index contributed by atoms with van der Waals surface area (Å²) in [6.07, 6.45) is 2.22. The van der Waals surface area contributed by atoms with Gasteiger partial charge in [-0.3, -0.25) is 19.2 Å². The van der Waals surface area contributed by atoms with Gasteiger partial charge in [-0.05, 0) is 55.5 Å². The van der Waals surface area contributed by atoms with E-state index in [1.165, 1.54) is 12.1 Å². The molecular formula is C33H35Cl2N7O7. The molecular weight excluding hydrogens is 677 g/mol. The van der Waals surface area contributed by atoms with Crippen molar-refractivity contribution in [3.63, 3.8) is 0 Å². The molecule has 1 saturated heterocycles. The minimum absolute atomic E-state index is 0.0219. The lowest BCUT2D eigenvalue weighted by molar-refractivity contribution is -0.131. The molecule has 2 aromatic heterocycles. The van der Waals surface area contributed by atoms with Gasteiger partial charge >= 0.3 is 5.97 Å². The molecule has 1 aliphatic rings. The summed E-state index contributed by atoms with van der Waals surface area (Å²) in [5.74, 6) is -3.05. The highest BCUT2D eigenvalue weighted by atomic mass is 35.5. The van der Waals surface area contributed by atoms with Gasteiger partial charge in [-0.1, -0.05) is 49.2 Å². The fourth-order valence-corrected chi connectivity index (χ4v) is 6.01. The zero-order valence-electron chi connectivity index (χ0n) is 26.7. The van der Waals surface area contributed by atoms with Crippen molar-refractivity contribution in [2.75, 3.05) is 13.2 Å². The number of carbonyl (C=O) groups is 5. The number of ether oxygens (including phenoxy) is 2. The van der Waals surface area contributed by atoms with E-state index in [0.717, 1.165) is 0 Å². The fourth-order valence-electron chi connectivity index (χ4n) is 5.46. The Morgan fingerprint density at radius 1 is 1.04 bits per heavy atom. The number of ketones is 1. The van der Waals surface area contributed by atoms with Crippen LogP contribution in [0.2, 0.25) is 10.0 Å². The number of nitrogens with one attached hydrogen (secondary N) is 5. The van der Waals surface area contributed by atoms with Gasteiger partial charge in [0, 0.05) is 23.4 Å². The molecule has 5 N–H and O–H groups in total. The maximum Gasteiger partial charge on any atom is 0.341 e. The monoisotopic (exact) mass is 711 g/mol. The van der Waals surface area contributed by atoms with Crippen LogP contribution in [-0.2, 0) is 25.7 Å². The molecule has 258 valence electrons. The van der Waals surface area contributed by atoms with Gasteiger partial charge in [0.1, 0.15) is 29.8 Å². The Kier molecular flexibility index (Phi) is 11.5. The zero-order valence-corrected chi connectivity index (χ0v) is 28.2. The van der Waals surface area contributed by atoms with Gasteiger partial charge in [0.05, 0.1) is 27.8 Å². The fraction of sp³-hybridized carbons (Fsp3) is 0.364. The molecule has 0 saturated carbocycles. The molecule has 0 spiro atoms. The number of aromatic amines is 2. The van der Waals surface area contributed by atoms with Crippen LogP contribution in [0.4, 0.5) is 0 Å². The summed E-state index contributed by atoms with van der Waals surface area (Å²) in [6, 6.07) is 9.18. The van der Waals surface area contributed by atoms with Crippen LogP contribution in [0.25, 0.3) is 10.9 Å². The number of benzene rings is 2. The molecule has 5 rings (SSSR count). The quantitative estimate of drug-likeness (QED) is 0.114. The number of hydrogen-bond acceptors (Lipinski definition) is 9. The predicted octanol–water partition coefficient (Wildman–Crippen LogP) is 3.75. The van der Waals surface area contributed by atoms with E-state index in [1.54, 1.807) is 36.5 Å². The van der Waals surface area contributed by atoms with Crippen molar-refractivity contribution in [2.45, 2.75) is 51.8 Å². The summed E-state index contributed by atoms with van der Waals surface area (Å²) in [7, 11) is 0. The topological polar surface area (TPSA) is 197 Å². The number of nitrogens with zero attached hydrogens (tertiary/aromatic N) is 2. The standard InChI is InChI=1S/C33H35Cl2N7O7/c1-17(2)11-25(40-32(46)26-13-20-23(38-26)7-4-8-28(20)48-15-19-14-37-42-41-19)31(45)39-24(12-18-9-10-36-30(18)44)27(43)16-49-33(47)29-21(34)5-3-6-22(29)35/h3-8,13-14,17-18,24-25,38H,9-12,15-16H2,1-2H3,(H,36,44)(H,39,45)(H,40,46)(H,37,41,42)/t18?,24-,25-/m0/s1. The van der Waals surface area contributed by atoms with Crippen LogP contribution < -0.4 is 20.7 Å². The highest BCUT2D eigenvalue weighted by Crippen LogP contribution is 2.28. The maximum absolute atomic E-state index is 13.7. The molecule has 0 radical (unpaired) electrons. The SMILES string of the molecule is CC(C)C[C@H](NC(=O)c1cc2c(OCc3cn[nH]n3)cccc2[nH]1)C(=O)N[C@@H](CC1CCNC1=O)C(=O)COC(=O)c1c(Cl)cccc1Cl. The summed E-state index contributed by atoms with van der Waals surface area (Å²) in [5, 5.41) is 19.2. The molecule has 49 heavy (non-hydrogen) atoms. The van der Waals surface area contributed by atoms with Crippen LogP contribution in [0.15, 0.2) is 48.7 Å². The number of Topliss-reactive ketones (excluding diaryl/α,β-unsaturated/α-hetero) is 1. The molecule has 14 nitrogen and oxygen atoms in total. The minimum atomic E-state index is -1.19. The van der Waals surface area contributed by atoms with E-state index in [2.05, 4.69) is 36.3 Å². The zero-order chi connectivity index (χ0) is 35.1. The Hall–Kier alpha value is -4.95. The number of esters is 1. The van der Waals surface area contributed by atoms with Crippen molar-refractivity contribution in [3.8, 4) is 5.75 Å². The molecule has 3 amide bonds. The van der Waals surface area contributed by atoms with E-state index in [1.807, 2.05) is 13.8 Å². The van der Waals surface area contributed by atoms with E-state index in [0.29, 0.717) is 35.3 Å². The van der Waals surface area contributed by atoms with Crippen molar-refractivity contribution >= 4 is 63.6 Å².